The molecule has 0 bridgehead atoms. The van der Waals surface area contributed by atoms with E-state index in [-0.39, 0.29) is 19.0 Å². The highest BCUT2D eigenvalue weighted by Crippen LogP contribution is 2.19. The van der Waals surface area contributed by atoms with Crippen molar-refractivity contribution in [3.05, 3.63) is 0 Å². The molecule has 0 unspecified atom stereocenters. The van der Waals surface area contributed by atoms with E-state index in [0.29, 0.717) is 19.8 Å². The zero-order valence-corrected chi connectivity index (χ0v) is 16.1. The molecular formula is C14H34ClNO4Si. The molecule has 0 aromatic rings. The lowest BCUT2D eigenvalue weighted by molar-refractivity contribution is -0.923. The van der Waals surface area contributed by atoms with E-state index in [0.717, 1.165) is 36.7 Å². The van der Waals surface area contributed by atoms with Gasteiger partial charge in [-0.1, -0.05) is 0 Å². The van der Waals surface area contributed by atoms with Gasteiger partial charge in [0.25, 0.3) is 0 Å². The smallest absolute Gasteiger partial charge is 0.506 e. The Morgan fingerprint density at radius 2 is 1.24 bits per heavy atom. The molecule has 0 saturated heterocycles. The third-order valence-electron chi connectivity index (χ3n) is 3.90. The van der Waals surface area contributed by atoms with Gasteiger partial charge < -0.3 is 35.3 Å². The van der Waals surface area contributed by atoms with E-state index >= 15 is 0 Å². The molecule has 5 nitrogen and oxygen atoms in total. The van der Waals surface area contributed by atoms with Gasteiger partial charge >= 0.3 is 8.80 Å². The first-order chi connectivity index (χ1) is 9.57. The van der Waals surface area contributed by atoms with Crippen LogP contribution < -0.4 is 12.4 Å². The van der Waals surface area contributed by atoms with E-state index in [1.54, 1.807) is 0 Å². The number of rotatable bonds is 13. The summed E-state index contributed by atoms with van der Waals surface area (Å²) in [4.78, 5) is 0. The standard InChI is InChI=1S/C14H34NO4Si.ClH/c1-6-15(7-2,11-13-16)12-14-20(17-8-3,18-9-4)19-10-5;/h16H,6-14H2,1-5H3;1H/q+1;/p-1. The second-order valence-corrected chi connectivity index (χ2v) is 7.61. The van der Waals surface area contributed by atoms with E-state index in [1.165, 1.54) is 0 Å². The van der Waals surface area contributed by atoms with Crippen LogP contribution in [0.2, 0.25) is 6.04 Å². The average Bonchev–Trinajstić information content (AvgIpc) is 2.44. The Bertz CT molecular complexity index is 226. The Kier molecular flexibility index (Phi) is 14.4. The fourth-order valence-electron chi connectivity index (χ4n) is 2.56. The van der Waals surface area contributed by atoms with Crippen molar-refractivity contribution in [3.8, 4) is 0 Å². The van der Waals surface area contributed by atoms with Gasteiger partial charge in [0.05, 0.1) is 32.3 Å². The van der Waals surface area contributed by atoms with Crippen molar-refractivity contribution in [2.75, 3.05) is 52.6 Å². The van der Waals surface area contributed by atoms with Crippen LogP contribution in [0.5, 0.6) is 0 Å². The average molecular weight is 344 g/mol. The number of likely N-dealkylation sites (N-methyl/N-ethyl adjacent to an activating group) is 1. The summed E-state index contributed by atoms with van der Waals surface area (Å²) in [7, 11) is -2.56. The molecule has 0 aromatic carbocycles. The normalized spacial score (nSPS) is 12.3. The molecule has 0 heterocycles. The van der Waals surface area contributed by atoms with Crippen molar-refractivity contribution in [1.82, 2.24) is 0 Å². The fraction of sp³-hybridized carbons (Fsp3) is 1.00. The van der Waals surface area contributed by atoms with Crippen LogP contribution in [-0.2, 0) is 13.3 Å². The van der Waals surface area contributed by atoms with Gasteiger partial charge in [0.2, 0.25) is 0 Å². The molecule has 130 valence electrons. The first-order valence-electron chi connectivity index (χ1n) is 7.95. The Morgan fingerprint density at radius 3 is 1.52 bits per heavy atom. The molecule has 1 N–H and O–H groups in total. The number of halogens is 1. The van der Waals surface area contributed by atoms with Crippen molar-refractivity contribution >= 4 is 8.80 Å². The summed E-state index contributed by atoms with van der Waals surface area (Å²) in [5, 5.41) is 9.31. The largest absolute Gasteiger partial charge is 1.00 e. The van der Waals surface area contributed by atoms with E-state index in [9.17, 15) is 5.11 Å². The highest BCUT2D eigenvalue weighted by Gasteiger charge is 2.43. The van der Waals surface area contributed by atoms with Crippen molar-refractivity contribution < 1.29 is 35.3 Å². The van der Waals surface area contributed by atoms with Gasteiger partial charge in [0.1, 0.15) is 6.54 Å². The summed E-state index contributed by atoms with van der Waals surface area (Å²) in [5.74, 6) is 0. The van der Waals surface area contributed by atoms with Gasteiger partial charge in [0.15, 0.2) is 0 Å². The molecule has 0 aliphatic rings. The minimum atomic E-state index is -2.56. The lowest BCUT2D eigenvalue weighted by Crippen LogP contribution is -3.00. The van der Waals surface area contributed by atoms with Crippen LogP contribution in [0, 0.1) is 0 Å². The summed E-state index contributed by atoms with van der Waals surface area (Å²) in [6, 6.07) is 0.810. The molecular weight excluding hydrogens is 310 g/mol. The number of aliphatic hydroxyl groups excluding tert-OH is 1. The van der Waals surface area contributed by atoms with Crippen LogP contribution in [0.15, 0.2) is 0 Å². The number of quaternary nitrogens is 1. The Morgan fingerprint density at radius 1 is 0.810 bits per heavy atom. The van der Waals surface area contributed by atoms with Crippen LogP contribution in [0.4, 0.5) is 0 Å². The van der Waals surface area contributed by atoms with E-state index in [1.807, 2.05) is 20.8 Å². The quantitative estimate of drug-likeness (QED) is 0.340. The van der Waals surface area contributed by atoms with Crippen LogP contribution in [0.3, 0.4) is 0 Å². The van der Waals surface area contributed by atoms with Crippen LogP contribution in [0.25, 0.3) is 0 Å². The maximum Gasteiger partial charge on any atom is 0.506 e. The topological polar surface area (TPSA) is 47.9 Å². The Balaban J connectivity index is 0. The van der Waals surface area contributed by atoms with Gasteiger partial charge in [0, 0.05) is 19.8 Å². The molecule has 0 saturated carbocycles. The molecule has 0 rings (SSSR count). The summed E-state index contributed by atoms with van der Waals surface area (Å²) >= 11 is 0. The van der Waals surface area contributed by atoms with Crippen LogP contribution in [0.1, 0.15) is 34.6 Å². The minimum Gasteiger partial charge on any atom is -1.00 e. The Labute approximate surface area is 137 Å². The maximum atomic E-state index is 9.31. The molecule has 0 fully saturated rings. The summed E-state index contributed by atoms with van der Waals surface area (Å²) in [6.07, 6.45) is 0. The molecule has 0 atom stereocenters. The molecule has 0 amide bonds. The zero-order chi connectivity index (χ0) is 15.5. The zero-order valence-electron chi connectivity index (χ0n) is 14.4. The molecule has 7 heteroatoms. The molecule has 0 spiro atoms. The third-order valence-corrected chi connectivity index (χ3v) is 6.92. The second-order valence-electron chi connectivity index (χ2n) is 4.88. The first-order valence-corrected chi connectivity index (χ1v) is 9.88. The lowest BCUT2D eigenvalue weighted by atomic mass is 10.3. The summed E-state index contributed by atoms with van der Waals surface area (Å²) < 4.78 is 18.6. The molecule has 0 aromatic heterocycles. The van der Waals surface area contributed by atoms with Crippen LogP contribution >= 0.6 is 0 Å². The van der Waals surface area contributed by atoms with Crippen molar-refractivity contribution in [2.24, 2.45) is 0 Å². The monoisotopic (exact) mass is 343 g/mol. The predicted octanol–water partition coefficient (Wildman–Crippen LogP) is -1.11. The number of hydrogen-bond donors (Lipinski definition) is 1. The fourth-order valence-corrected chi connectivity index (χ4v) is 5.31. The molecule has 21 heavy (non-hydrogen) atoms. The third kappa shape index (κ3) is 7.92. The highest BCUT2D eigenvalue weighted by atomic mass is 35.5. The van der Waals surface area contributed by atoms with Crippen molar-refractivity contribution in [2.45, 2.75) is 40.7 Å². The Hall–Kier alpha value is 0.307. The molecule has 0 aliphatic heterocycles. The number of aliphatic hydroxyl groups is 1. The number of nitrogens with zero attached hydrogens (tertiary/aromatic N) is 1. The lowest BCUT2D eigenvalue weighted by Gasteiger charge is -2.38. The van der Waals surface area contributed by atoms with E-state index in [2.05, 4.69) is 13.8 Å². The van der Waals surface area contributed by atoms with Gasteiger partial charge in [-0.05, 0) is 34.6 Å². The van der Waals surface area contributed by atoms with Gasteiger partial charge in [-0.15, -0.1) is 0 Å². The van der Waals surface area contributed by atoms with E-state index < -0.39 is 8.80 Å². The highest BCUT2D eigenvalue weighted by molar-refractivity contribution is 6.60. The van der Waals surface area contributed by atoms with Crippen LogP contribution in [-0.4, -0.2) is 71.0 Å². The molecule has 0 aliphatic carbocycles. The summed E-state index contributed by atoms with van der Waals surface area (Å²) in [5.41, 5.74) is 0. The maximum absolute atomic E-state index is 9.31. The SMILES string of the molecule is CCO[Si](CC[N+](CC)(CC)CCO)(OCC)OCC.[Cl-]. The molecule has 0 radical (unpaired) electrons. The summed E-state index contributed by atoms with van der Waals surface area (Å²) in [6.45, 7) is 16.1. The van der Waals surface area contributed by atoms with Gasteiger partial charge in [-0.25, -0.2) is 0 Å². The predicted molar refractivity (Wildman–Crippen MR) is 83.6 cm³/mol. The number of hydrogen-bond acceptors (Lipinski definition) is 4. The van der Waals surface area contributed by atoms with E-state index in [4.69, 9.17) is 13.3 Å². The second kappa shape index (κ2) is 12.8. The first kappa shape index (κ1) is 23.6. The van der Waals surface area contributed by atoms with Gasteiger partial charge in [-0.2, -0.15) is 0 Å². The minimum absolute atomic E-state index is 0. The van der Waals surface area contributed by atoms with Crippen molar-refractivity contribution in [1.29, 1.82) is 0 Å². The van der Waals surface area contributed by atoms with Gasteiger partial charge in [-0.3, -0.25) is 0 Å². The van der Waals surface area contributed by atoms with Crippen molar-refractivity contribution in [3.63, 3.8) is 0 Å².